The van der Waals surface area contributed by atoms with Gasteiger partial charge in [-0.2, -0.15) is 5.10 Å². The van der Waals surface area contributed by atoms with Crippen molar-refractivity contribution in [1.29, 1.82) is 0 Å². The van der Waals surface area contributed by atoms with Gasteiger partial charge >= 0.3 is 0 Å². The van der Waals surface area contributed by atoms with Crippen molar-refractivity contribution < 1.29 is 43.8 Å². The Hall–Kier alpha value is -5.52. The number of nitrogens with zero attached hydrogens (tertiary/aromatic N) is 2. The predicted octanol–water partition coefficient (Wildman–Crippen LogP) is -4.39. The summed E-state index contributed by atoms with van der Waals surface area (Å²) >= 11 is 0. The number of aryl methyl sites for hydroxylation is 1. The highest BCUT2D eigenvalue weighted by Crippen LogP contribution is 2.12. The summed E-state index contributed by atoms with van der Waals surface area (Å²) in [4.78, 5) is 96.1. The monoisotopic (exact) mass is 886 g/mol. The van der Waals surface area contributed by atoms with Crippen molar-refractivity contribution in [3.63, 3.8) is 0 Å². The lowest BCUT2D eigenvalue weighted by molar-refractivity contribution is -0.135. The number of carbonyl (C=O) groups excluding carboxylic acids is 7. The fraction of sp³-hybridized carbons (Fsp3) is 0.610. The van der Waals surface area contributed by atoms with Gasteiger partial charge in [0.25, 0.3) is 0 Å². The standard InChI is InChI=1S/C41H67N13O9/c1-23(2)20-31-39(61)49-27(10-15-42)35(57)48-29(12-17-44)38(60)52-34(25(4)55)41(63)45-18-13-30(46-33(56)22-54-19-14-24(3)53-54)37(59)47-28(11-16-43)36(58)51-32(40(62)50-31)21-26-8-6-5-7-9-26/h5-9,14,19,23,25,27-32,34,40,50,55,62H,10-13,15-18,20-22,42-44H2,1-4H3,(H,45,63)(H,46,56)(H,47,59)(H,48,57)(H,49,61)(H,51,58)(H,52,60)/t25-,27+,28+,29+,30+,31+,32-,34+,40?/m1/s1. The van der Waals surface area contributed by atoms with Crippen LogP contribution in [0.2, 0.25) is 0 Å². The molecule has 1 aromatic heterocycles. The van der Waals surface area contributed by atoms with E-state index in [4.69, 9.17) is 17.2 Å². The van der Waals surface area contributed by atoms with E-state index < -0.39 is 96.0 Å². The van der Waals surface area contributed by atoms with Crippen LogP contribution in [0.15, 0.2) is 42.6 Å². The van der Waals surface area contributed by atoms with E-state index in [9.17, 15) is 43.8 Å². The number of aliphatic hydroxyl groups is 2. The maximum atomic E-state index is 14.1. The molecule has 1 unspecified atom stereocenters. The highest BCUT2D eigenvalue weighted by Gasteiger charge is 2.35. The van der Waals surface area contributed by atoms with Crippen molar-refractivity contribution in [3.8, 4) is 0 Å². The molecule has 2 aromatic rings. The molecule has 0 aliphatic carbocycles. The Morgan fingerprint density at radius 3 is 1.84 bits per heavy atom. The molecule has 63 heavy (non-hydrogen) atoms. The lowest BCUT2D eigenvalue weighted by Gasteiger charge is -2.32. The van der Waals surface area contributed by atoms with Gasteiger partial charge in [-0.05, 0) is 89.6 Å². The second kappa shape index (κ2) is 26.2. The zero-order chi connectivity index (χ0) is 46.6. The number of benzene rings is 1. The van der Waals surface area contributed by atoms with Gasteiger partial charge in [0.15, 0.2) is 0 Å². The lowest BCUT2D eigenvalue weighted by atomic mass is 9.99. The molecule has 22 heteroatoms. The number of amides is 7. The molecule has 16 N–H and O–H groups in total. The molecule has 0 bridgehead atoms. The van der Waals surface area contributed by atoms with Crippen LogP contribution in [0, 0.1) is 12.8 Å². The SMILES string of the molecule is Cc1ccn(CC(=O)N[C@H]2CCNC(=O)[C@H]([C@@H](C)O)NC(=O)[C@H](CCN)NC(=O)[C@H](CCN)NC(=O)[C@H](CC(C)C)NC(O)[C@@H](Cc3ccccc3)NC(=O)[C@H](CCN)NC2=O)n1. The summed E-state index contributed by atoms with van der Waals surface area (Å²) in [6, 6.07) is 1.68. The van der Waals surface area contributed by atoms with Gasteiger partial charge in [0.05, 0.1) is 23.9 Å². The van der Waals surface area contributed by atoms with Crippen molar-refractivity contribution in [3.05, 3.63) is 53.9 Å². The fourth-order valence-electron chi connectivity index (χ4n) is 6.88. The van der Waals surface area contributed by atoms with E-state index in [0.717, 1.165) is 5.56 Å². The number of carbonyl (C=O) groups is 7. The molecule has 1 aliphatic rings. The Labute approximate surface area is 367 Å². The summed E-state index contributed by atoms with van der Waals surface area (Å²) in [6.07, 6.45) is -1.61. The van der Waals surface area contributed by atoms with Gasteiger partial charge in [-0.1, -0.05) is 44.2 Å². The Balaban J connectivity index is 2.08. The van der Waals surface area contributed by atoms with E-state index in [1.165, 1.54) is 11.6 Å². The van der Waals surface area contributed by atoms with Crippen LogP contribution < -0.4 is 59.7 Å². The Kier molecular flexibility index (Phi) is 21.5. The summed E-state index contributed by atoms with van der Waals surface area (Å²) < 4.78 is 1.36. The second-order valence-electron chi connectivity index (χ2n) is 16.1. The van der Waals surface area contributed by atoms with Crippen molar-refractivity contribution in [1.82, 2.24) is 52.3 Å². The number of nitrogens with one attached hydrogen (secondary N) is 8. The topological polar surface area (TPSA) is 352 Å². The molecule has 22 nitrogen and oxygen atoms in total. The van der Waals surface area contributed by atoms with E-state index in [-0.39, 0.29) is 77.2 Å². The van der Waals surface area contributed by atoms with Crippen LogP contribution in [-0.2, 0) is 46.5 Å². The molecule has 1 fully saturated rings. The van der Waals surface area contributed by atoms with Crippen LogP contribution >= 0.6 is 0 Å². The minimum atomic E-state index is -1.57. The molecule has 0 spiro atoms. The Morgan fingerprint density at radius 2 is 1.32 bits per heavy atom. The van der Waals surface area contributed by atoms with Gasteiger partial charge in [0.2, 0.25) is 41.4 Å². The molecule has 1 saturated heterocycles. The smallest absolute Gasteiger partial charge is 0.245 e. The van der Waals surface area contributed by atoms with E-state index in [2.05, 4.69) is 47.6 Å². The van der Waals surface area contributed by atoms with Gasteiger partial charge < -0.3 is 64.6 Å². The van der Waals surface area contributed by atoms with Crippen LogP contribution in [-0.4, -0.2) is 142 Å². The quantitative estimate of drug-likeness (QED) is 0.0853. The van der Waals surface area contributed by atoms with Gasteiger partial charge in [-0.3, -0.25) is 43.6 Å². The zero-order valence-electron chi connectivity index (χ0n) is 36.5. The average Bonchev–Trinajstić information content (AvgIpc) is 3.64. The molecule has 9 atom stereocenters. The largest absolute Gasteiger partial charge is 0.391 e. The number of nitrogens with two attached hydrogens (primary N) is 3. The highest BCUT2D eigenvalue weighted by atomic mass is 16.3. The summed E-state index contributed by atoms with van der Waals surface area (Å²) in [7, 11) is 0. The summed E-state index contributed by atoms with van der Waals surface area (Å²) in [5.74, 6) is -5.44. The molecular weight excluding hydrogens is 819 g/mol. The maximum Gasteiger partial charge on any atom is 0.245 e. The average molecular weight is 886 g/mol. The van der Waals surface area contributed by atoms with E-state index in [0.29, 0.717) is 5.69 Å². The third kappa shape index (κ3) is 17.3. The molecule has 350 valence electrons. The van der Waals surface area contributed by atoms with E-state index in [1.54, 1.807) is 49.5 Å². The van der Waals surface area contributed by atoms with Crippen LogP contribution in [0.25, 0.3) is 0 Å². The maximum absolute atomic E-state index is 14.1. The number of aromatic nitrogens is 2. The summed E-state index contributed by atoms with van der Waals surface area (Å²) in [5, 5.41) is 47.8. The molecular formula is C41H67N13O9. The van der Waals surface area contributed by atoms with Crippen LogP contribution in [0.4, 0.5) is 0 Å². The van der Waals surface area contributed by atoms with Gasteiger partial charge in [0, 0.05) is 12.7 Å². The molecule has 0 radical (unpaired) electrons. The Morgan fingerprint density at radius 1 is 0.778 bits per heavy atom. The first-order valence-electron chi connectivity index (χ1n) is 21.3. The fourth-order valence-corrected chi connectivity index (χ4v) is 6.88. The molecule has 2 heterocycles. The first kappa shape index (κ1) is 51.8. The third-order valence-electron chi connectivity index (χ3n) is 10.2. The number of hydrogen-bond acceptors (Lipinski definition) is 14. The normalized spacial score (nSPS) is 25.7. The van der Waals surface area contributed by atoms with Gasteiger partial charge in [-0.15, -0.1) is 0 Å². The van der Waals surface area contributed by atoms with Crippen molar-refractivity contribution >= 4 is 41.4 Å². The number of aliphatic hydroxyl groups excluding tert-OH is 2. The molecule has 3 rings (SSSR count). The van der Waals surface area contributed by atoms with E-state index >= 15 is 0 Å². The lowest BCUT2D eigenvalue weighted by Crippen LogP contribution is -2.62. The first-order valence-corrected chi connectivity index (χ1v) is 21.3. The van der Waals surface area contributed by atoms with Crippen LogP contribution in [0.3, 0.4) is 0 Å². The molecule has 1 aliphatic heterocycles. The first-order chi connectivity index (χ1) is 29.9. The predicted molar refractivity (Wildman–Crippen MR) is 231 cm³/mol. The second-order valence-corrected chi connectivity index (χ2v) is 16.1. The van der Waals surface area contributed by atoms with Crippen molar-refractivity contribution in [2.45, 2.75) is 127 Å². The van der Waals surface area contributed by atoms with Crippen molar-refractivity contribution in [2.24, 2.45) is 23.1 Å². The minimum absolute atomic E-state index is 0.0401. The van der Waals surface area contributed by atoms with Crippen LogP contribution in [0.5, 0.6) is 0 Å². The molecule has 1 aromatic carbocycles. The zero-order valence-corrected chi connectivity index (χ0v) is 36.5. The minimum Gasteiger partial charge on any atom is -0.391 e. The highest BCUT2D eigenvalue weighted by molar-refractivity contribution is 5.95. The third-order valence-corrected chi connectivity index (χ3v) is 10.2. The van der Waals surface area contributed by atoms with Crippen LogP contribution in [0.1, 0.15) is 64.1 Å². The van der Waals surface area contributed by atoms with Gasteiger partial charge in [-0.25, -0.2) is 0 Å². The summed E-state index contributed by atoms with van der Waals surface area (Å²) in [5.41, 5.74) is 18.9. The Bertz CT molecular complexity index is 1810. The summed E-state index contributed by atoms with van der Waals surface area (Å²) in [6.45, 7) is 6.02. The van der Waals surface area contributed by atoms with Gasteiger partial charge in [0.1, 0.15) is 43.0 Å². The van der Waals surface area contributed by atoms with E-state index in [1.807, 2.05) is 13.8 Å². The van der Waals surface area contributed by atoms with Crippen molar-refractivity contribution in [2.75, 3.05) is 26.2 Å². The number of hydrogen-bond donors (Lipinski definition) is 13. The molecule has 0 saturated carbocycles. The molecule has 7 amide bonds. The number of rotatable bonds is 14.